The number of halogens is 1. The van der Waals surface area contributed by atoms with Crippen molar-refractivity contribution in [2.75, 3.05) is 12.0 Å². The lowest BCUT2D eigenvalue weighted by atomic mass is 10.00. The van der Waals surface area contributed by atoms with E-state index in [4.69, 9.17) is 27.8 Å². The Morgan fingerprint density at radius 2 is 1.75 bits per heavy atom. The number of nitrogens with zero attached hydrogens (tertiary/aromatic N) is 1. The van der Waals surface area contributed by atoms with Crippen molar-refractivity contribution < 1.29 is 9.53 Å². The number of anilines is 1. The van der Waals surface area contributed by atoms with E-state index in [1.165, 1.54) is 23.3 Å². The van der Waals surface area contributed by atoms with Gasteiger partial charge in [0, 0.05) is 27.4 Å². The van der Waals surface area contributed by atoms with Gasteiger partial charge in [0.15, 0.2) is 0 Å². The number of aryl methyl sites for hydroxylation is 1. The Hall–Kier alpha value is -2.51. The van der Waals surface area contributed by atoms with Crippen LogP contribution in [0.5, 0.6) is 0 Å². The zero-order valence-corrected chi connectivity index (χ0v) is 17.8. The van der Waals surface area contributed by atoms with Gasteiger partial charge in [-0.1, -0.05) is 23.7 Å². The summed E-state index contributed by atoms with van der Waals surface area (Å²) in [6.45, 7) is 5.48. The van der Waals surface area contributed by atoms with E-state index in [1.54, 1.807) is 31.2 Å². The molecule has 0 spiro atoms. The van der Waals surface area contributed by atoms with E-state index in [0.29, 0.717) is 26.9 Å². The molecule has 0 radical (unpaired) electrons. The van der Waals surface area contributed by atoms with E-state index >= 15 is 0 Å². The smallest absolute Gasteiger partial charge is 0.305 e. The summed E-state index contributed by atoms with van der Waals surface area (Å²) in [7, 11) is 1.31. The Kier molecular flexibility index (Phi) is 7.10. The minimum atomic E-state index is -0.403. The zero-order chi connectivity index (χ0) is 21.0. The summed E-state index contributed by atoms with van der Waals surface area (Å²) in [5.74, 6) is -0.134. The van der Waals surface area contributed by atoms with Crippen molar-refractivity contribution in [3.05, 3.63) is 50.9 Å². The Morgan fingerprint density at radius 3 is 2.29 bits per heavy atom. The molecule has 0 saturated heterocycles. The standard InChI is InChI=1S/C20H23ClN4O2S/c1-11-12(2)28-20(18(11)19(24)14-5-7-15(21)8-6-14)25(13(3)22)16(23)9-10-17(26)27-4/h5-8,22-24H,9-10H2,1-4H3. The molecule has 0 amide bonds. The fourth-order valence-corrected chi connectivity index (χ4v) is 4.10. The Balaban J connectivity index is 2.48. The first-order chi connectivity index (χ1) is 13.2. The second-order valence-corrected chi connectivity index (χ2v) is 7.93. The molecule has 1 aromatic heterocycles. The molecule has 1 aromatic carbocycles. The zero-order valence-electron chi connectivity index (χ0n) is 16.3. The lowest BCUT2D eigenvalue weighted by molar-refractivity contribution is -0.140. The predicted molar refractivity (Wildman–Crippen MR) is 116 cm³/mol. The number of carbonyl (C=O) groups is 1. The van der Waals surface area contributed by atoms with Crippen molar-refractivity contribution in [3.8, 4) is 0 Å². The van der Waals surface area contributed by atoms with Gasteiger partial charge < -0.3 is 4.74 Å². The molecule has 0 saturated carbocycles. The Labute approximate surface area is 173 Å². The van der Waals surface area contributed by atoms with E-state index in [-0.39, 0.29) is 24.5 Å². The Bertz CT molecular complexity index is 934. The van der Waals surface area contributed by atoms with E-state index in [2.05, 4.69) is 4.74 Å². The van der Waals surface area contributed by atoms with Crippen LogP contribution in [0, 0.1) is 30.1 Å². The molecule has 28 heavy (non-hydrogen) atoms. The molecular formula is C20H23ClN4O2S. The first-order valence-corrected chi connectivity index (χ1v) is 9.81. The molecule has 0 aliphatic carbocycles. The maximum absolute atomic E-state index is 11.5. The molecule has 1 heterocycles. The number of esters is 1. The fraction of sp³-hybridized carbons (Fsp3) is 0.300. The lowest BCUT2D eigenvalue weighted by Gasteiger charge is -2.24. The molecule has 0 aliphatic heterocycles. The number of ether oxygens (including phenoxy) is 1. The molecule has 2 rings (SSSR count). The summed E-state index contributed by atoms with van der Waals surface area (Å²) < 4.78 is 4.65. The molecule has 0 aliphatic rings. The quantitative estimate of drug-likeness (QED) is 0.342. The largest absolute Gasteiger partial charge is 0.469 e. The molecule has 8 heteroatoms. The van der Waals surface area contributed by atoms with Crippen LogP contribution in [0.2, 0.25) is 5.02 Å². The van der Waals surface area contributed by atoms with E-state index < -0.39 is 5.97 Å². The first-order valence-electron chi connectivity index (χ1n) is 8.61. The van der Waals surface area contributed by atoms with Gasteiger partial charge in [0.2, 0.25) is 0 Å². The van der Waals surface area contributed by atoms with Gasteiger partial charge in [-0.3, -0.25) is 25.9 Å². The minimum absolute atomic E-state index is 0.0619. The second-order valence-electron chi connectivity index (χ2n) is 6.29. The average molecular weight is 419 g/mol. The van der Waals surface area contributed by atoms with Crippen molar-refractivity contribution in [2.45, 2.75) is 33.6 Å². The second kappa shape index (κ2) is 9.12. The van der Waals surface area contributed by atoms with Crippen molar-refractivity contribution in [2.24, 2.45) is 0 Å². The average Bonchev–Trinajstić information content (AvgIpc) is 2.93. The normalized spacial score (nSPS) is 10.5. The van der Waals surface area contributed by atoms with Gasteiger partial charge in [-0.25, -0.2) is 0 Å². The van der Waals surface area contributed by atoms with Gasteiger partial charge in [-0.15, -0.1) is 11.3 Å². The fourth-order valence-electron chi connectivity index (χ4n) is 2.73. The highest BCUT2D eigenvalue weighted by molar-refractivity contribution is 7.17. The third-order valence-corrected chi connectivity index (χ3v) is 5.80. The number of rotatable bonds is 6. The highest BCUT2D eigenvalue weighted by Crippen LogP contribution is 2.37. The molecule has 3 N–H and O–H groups in total. The van der Waals surface area contributed by atoms with Gasteiger partial charge in [-0.05, 0) is 38.5 Å². The van der Waals surface area contributed by atoms with Crippen LogP contribution >= 0.6 is 22.9 Å². The summed E-state index contributed by atoms with van der Waals surface area (Å²) in [5, 5.41) is 26.6. The summed E-state index contributed by atoms with van der Waals surface area (Å²) in [6.07, 6.45) is 0.207. The molecule has 6 nitrogen and oxygen atoms in total. The van der Waals surface area contributed by atoms with Crippen LogP contribution in [-0.4, -0.2) is 30.5 Å². The molecule has 0 atom stereocenters. The number of hydrogen-bond acceptors (Lipinski definition) is 6. The molecule has 2 aromatic rings. The van der Waals surface area contributed by atoms with Crippen LogP contribution in [0.15, 0.2) is 24.3 Å². The Morgan fingerprint density at radius 1 is 1.14 bits per heavy atom. The number of amidine groups is 2. The third-order valence-electron chi connectivity index (χ3n) is 4.35. The van der Waals surface area contributed by atoms with Gasteiger partial charge >= 0.3 is 5.97 Å². The maximum Gasteiger partial charge on any atom is 0.305 e. The summed E-state index contributed by atoms with van der Waals surface area (Å²) in [5.41, 5.74) is 2.63. The number of nitrogens with one attached hydrogen (secondary N) is 3. The van der Waals surface area contributed by atoms with Crippen molar-refractivity contribution in [1.82, 2.24) is 0 Å². The van der Waals surface area contributed by atoms with Crippen molar-refractivity contribution in [1.29, 1.82) is 16.2 Å². The molecular weight excluding hydrogens is 396 g/mol. The molecule has 0 fully saturated rings. The highest BCUT2D eigenvalue weighted by atomic mass is 35.5. The minimum Gasteiger partial charge on any atom is -0.469 e. The first kappa shape index (κ1) is 21.8. The van der Waals surface area contributed by atoms with Crippen LogP contribution in [0.3, 0.4) is 0 Å². The SMILES string of the molecule is COC(=O)CCC(=N)N(C(C)=N)c1sc(C)c(C)c1C(=N)c1ccc(Cl)cc1. The molecule has 148 valence electrons. The van der Waals surface area contributed by atoms with Crippen LogP contribution in [0.1, 0.15) is 41.3 Å². The van der Waals surface area contributed by atoms with E-state index in [9.17, 15) is 4.79 Å². The number of methoxy groups -OCH3 is 1. The van der Waals surface area contributed by atoms with Crippen molar-refractivity contribution in [3.63, 3.8) is 0 Å². The van der Waals surface area contributed by atoms with E-state index in [1.807, 2.05) is 13.8 Å². The van der Waals surface area contributed by atoms with Gasteiger partial charge in [-0.2, -0.15) is 0 Å². The summed E-state index contributed by atoms with van der Waals surface area (Å²) >= 11 is 7.40. The number of benzene rings is 1. The highest BCUT2D eigenvalue weighted by Gasteiger charge is 2.26. The topological polar surface area (TPSA) is 101 Å². The van der Waals surface area contributed by atoms with Crippen LogP contribution in [-0.2, 0) is 9.53 Å². The summed E-state index contributed by atoms with van der Waals surface area (Å²) in [4.78, 5) is 14.0. The number of hydrogen-bond donors (Lipinski definition) is 3. The van der Waals surface area contributed by atoms with Crippen LogP contribution < -0.4 is 4.90 Å². The molecule has 0 bridgehead atoms. The number of carbonyl (C=O) groups excluding carboxylic acids is 1. The van der Waals surface area contributed by atoms with Gasteiger partial charge in [0.1, 0.15) is 16.7 Å². The van der Waals surface area contributed by atoms with Crippen LogP contribution in [0.25, 0.3) is 0 Å². The number of thiophene rings is 1. The van der Waals surface area contributed by atoms with Crippen molar-refractivity contribution >= 4 is 51.3 Å². The monoisotopic (exact) mass is 418 g/mol. The third kappa shape index (κ3) is 4.66. The van der Waals surface area contributed by atoms with Crippen LogP contribution in [0.4, 0.5) is 5.00 Å². The van der Waals surface area contributed by atoms with E-state index in [0.717, 1.165) is 10.4 Å². The lowest BCUT2D eigenvalue weighted by Crippen LogP contribution is -2.35. The molecule has 0 unspecified atom stereocenters. The maximum atomic E-state index is 11.5. The van der Waals surface area contributed by atoms with Gasteiger partial charge in [0.05, 0.1) is 19.2 Å². The predicted octanol–water partition coefficient (Wildman–Crippen LogP) is 5.17. The van der Waals surface area contributed by atoms with Gasteiger partial charge in [0.25, 0.3) is 0 Å². The summed E-state index contributed by atoms with van der Waals surface area (Å²) in [6, 6.07) is 7.03.